The number of amides is 1. The molecule has 6 nitrogen and oxygen atoms in total. The fraction of sp³-hybridized carbons (Fsp3) is 0.500. The number of carbonyl (C=O) groups is 1. The third kappa shape index (κ3) is 5.11. The summed E-state index contributed by atoms with van der Waals surface area (Å²) in [6, 6.07) is 5.08. The predicted molar refractivity (Wildman–Crippen MR) is 89.7 cm³/mol. The number of hydrogen-bond acceptors (Lipinski definition) is 4. The van der Waals surface area contributed by atoms with Crippen molar-refractivity contribution >= 4 is 28.7 Å². The average Bonchev–Trinajstić information content (AvgIpc) is 2.84. The van der Waals surface area contributed by atoms with Gasteiger partial charge in [-0.3, -0.25) is 0 Å². The molecule has 0 spiro atoms. The number of halogens is 1. The Balaban J connectivity index is 2.20. The van der Waals surface area contributed by atoms with Crippen molar-refractivity contribution in [3.63, 3.8) is 0 Å². The molecule has 0 bridgehead atoms. The molecule has 1 atom stereocenters. The molecular weight excluding hydrogens is 318 g/mol. The van der Waals surface area contributed by atoms with Gasteiger partial charge in [0.2, 0.25) is 0 Å². The van der Waals surface area contributed by atoms with Crippen LogP contribution >= 0.6 is 11.6 Å². The van der Waals surface area contributed by atoms with Crippen LogP contribution in [0.15, 0.2) is 18.2 Å². The van der Waals surface area contributed by atoms with Crippen LogP contribution < -0.4 is 5.32 Å². The molecule has 23 heavy (non-hydrogen) atoms. The zero-order valence-electron chi connectivity index (χ0n) is 13.8. The van der Waals surface area contributed by atoms with Crippen molar-refractivity contribution in [1.29, 1.82) is 0 Å². The molecular formula is C16H22ClN3O3. The van der Waals surface area contributed by atoms with Crippen LogP contribution in [0.25, 0.3) is 11.0 Å². The molecule has 0 saturated heterocycles. The number of aromatic nitrogens is 2. The second-order valence-corrected chi connectivity index (χ2v) is 6.70. The summed E-state index contributed by atoms with van der Waals surface area (Å²) < 4.78 is 10.4. The number of nitrogens with one attached hydrogen (secondary N) is 2. The highest BCUT2D eigenvalue weighted by molar-refractivity contribution is 6.31. The fourth-order valence-corrected chi connectivity index (χ4v) is 2.29. The van der Waals surface area contributed by atoms with Gasteiger partial charge in [0, 0.05) is 18.7 Å². The summed E-state index contributed by atoms with van der Waals surface area (Å²) >= 11 is 5.98. The normalized spacial score (nSPS) is 13.1. The number of aromatic amines is 1. The van der Waals surface area contributed by atoms with Gasteiger partial charge >= 0.3 is 6.09 Å². The van der Waals surface area contributed by atoms with Crippen molar-refractivity contribution in [2.75, 3.05) is 13.7 Å². The minimum atomic E-state index is -0.558. The van der Waals surface area contributed by atoms with E-state index in [0.29, 0.717) is 23.9 Å². The number of carbonyl (C=O) groups excluding carboxylic acids is 1. The first-order valence-corrected chi connectivity index (χ1v) is 7.80. The highest BCUT2D eigenvalue weighted by Gasteiger charge is 2.22. The Labute approximate surface area is 140 Å². The van der Waals surface area contributed by atoms with Crippen LogP contribution in [0.1, 0.15) is 39.1 Å². The van der Waals surface area contributed by atoms with Crippen LogP contribution in [0.2, 0.25) is 5.02 Å². The van der Waals surface area contributed by atoms with Gasteiger partial charge in [-0.1, -0.05) is 11.6 Å². The molecule has 2 N–H and O–H groups in total. The minimum Gasteiger partial charge on any atom is -0.444 e. The van der Waals surface area contributed by atoms with Gasteiger partial charge in [0.1, 0.15) is 11.4 Å². The van der Waals surface area contributed by atoms with E-state index in [0.717, 1.165) is 11.0 Å². The molecule has 1 heterocycles. The number of H-pyrrole nitrogens is 1. The van der Waals surface area contributed by atoms with E-state index in [-0.39, 0.29) is 6.04 Å². The molecule has 0 aliphatic heterocycles. The first-order valence-electron chi connectivity index (χ1n) is 7.42. The van der Waals surface area contributed by atoms with E-state index in [1.165, 1.54) is 0 Å². The number of imidazole rings is 1. The standard InChI is InChI=1S/C16H22ClN3O3/c1-16(2,3)23-15(21)20-12(7-8-22-4)14-18-11-6-5-10(17)9-13(11)19-14/h5-6,9,12H,7-8H2,1-4H3,(H,18,19)(H,20,21). The molecule has 0 aliphatic rings. The molecule has 1 aromatic heterocycles. The second kappa shape index (κ2) is 7.19. The maximum atomic E-state index is 12.0. The van der Waals surface area contributed by atoms with Crippen LogP contribution in [0.4, 0.5) is 4.79 Å². The number of benzene rings is 1. The molecule has 2 aromatic rings. The number of hydrogen-bond donors (Lipinski definition) is 2. The number of methoxy groups -OCH3 is 1. The lowest BCUT2D eigenvalue weighted by molar-refractivity contribution is 0.0490. The highest BCUT2D eigenvalue weighted by Crippen LogP contribution is 2.22. The lowest BCUT2D eigenvalue weighted by Crippen LogP contribution is -2.35. The summed E-state index contributed by atoms with van der Waals surface area (Å²) in [7, 11) is 1.61. The Kier molecular flexibility index (Phi) is 5.49. The topological polar surface area (TPSA) is 76.2 Å². The van der Waals surface area contributed by atoms with Gasteiger partial charge in [-0.2, -0.15) is 0 Å². The van der Waals surface area contributed by atoms with Crippen molar-refractivity contribution in [3.8, 4) is 0 Å². The lowest BCUT2D eigenvalue weighted by Gasteiger charge is -2.22. The maximum absolute atomic E-state index is 12.0. The van der Waals surface area contributed by atoms with Crippen molar-refractivity contribution in [2.45, 2.75) is 38.8 Å². The van der Waals surface area contributed by atoms with Gasteiger partial charge in [0.15, 0.2) is 0 Å². The van der Waals surface area contributed by atoms with E-state index in [1.54, 1.807) is 19.2 Å². The monoisotopic (exact) mass is 339 g/mol. The first kappa shape index (κ1) is 17.6. The summed E-state index contributed by atoms with van der Waals surface area (Å²) in [5.41, 5.74) is 1.05. The molecule has 0 saturated carbocycles. The molecule has 1 amide bonds. The average molecular weight is 340 g/mol. The zero-order chi connectivity index (χ0) is 17.0. The Hall–Kier alpha value is -1.79. The quantitative estimate of drug-likeness (QED) is 0.868. The lowest BCUT2D eigenvalue weighted by atomic mass is 10.2. The van der Waals surface area contributed by atoms with E-state index >= 15 is 0 Å². The Morgan fingerprint density at radius 3 is 2.83 bits per heavy atom. The van der Waals surface area contributed by atoms with Gasteiger partial charge < -0.3 is 19.8 Å². The number of fused-ring (bicyclic) bond motifs is 1. The Morgan fingerprint density at radius 1 is 1.43 bits per heavy atom. The summed E-state index contributed by atoms with van der Waals surface area (Å²) in [5.74, 6) is 0.644. The van der Waals surface area contributed by atoms with Crippen LogP contribution in [0.3, 0.4) is 0 Å². The minimum absolute atomic E-state index is 0.337. The van der Waals surface area contributed by atoms with E-state index in [2.05, 4.69) is 15.3 Å². The molecule has 7 heteroatoms. The summed E-state index contributed by atoms with van der Waals surface area (Å²) in [6.07, 6.45) is 0.0839. The van der Waals surface area contributed by atoms with E-state index in [9.17, 15) is 4.79 Å². The molecule has 2 rings (SSSR count). The van der Waals surface area contributed by atoms with Crippen molar-refractivity contribution in [2.24, 2.45) is 0 Å². The maximum Gasteiger partial charge on any atom is 0.408 e. The number of alkyl carbamates (subject to hydrolysis) is 1. The van der Waals surface area contributed by atoms with E-state index in [1.807, 2.05) is 26.8 Å². The van der Waals surface area contributed by atoms with Crippen molar-refractivity contribution < 1.29 is 14.3 Å². The van der Waals surface area contributed by atoms with Crippen molar-refractivity contribution in [3.05, 3.63) is 29.0 Å². The van der Waals surface area contributed by atoms with Gasteiger partial charge in [-0.05, 0) is 45.4 Å². The molecule has 126 valence electrons. The smallest absolute Gasteiger partial charge is 0.408 e. The SMILES string of the molecule is COCCC(NC(=O)OC(C)(C)C)c1nc2cc(Cl)ccc2[nH]1. The second-order valence-electron chi connectivity index (χ2n) is 6.26. The largest absolute Gasteiger partial charge is 0.444 e. The van der Waals surface area contributed by atoms with Gasteiger partial charge in [0.05, 0.1) is 17.1 Å². The fourth-order valence-electron chi connectivity index (χ4n) is 2.13. The third-order valence-electron chi connectivity index (χ3n) is 3.10. The number of ether oxygens (including phenoxy) is 2. The molecule has 1 aromatic carbocycles. The van der Waals surface area contributed by atoms with Gasteiger partial charge in [0.25, 0.3) is 0 Å². The predicted octanol–water partition coefficient (Wildman–Crippen LogP) is 3.82. The van der Waals surface area contributed by atoms with E-state index < -0.39 is 11.7 Å². The number of rotatable bonds is 5. The number of nitrogens with zero attached hydrogens (tertiary/aromatic N) is 1. The van der Waals surface area contributed by atoms with Crippen LogP contribution in [-0.2, 0) is 9.47 Å². The Morgan fingerprint density at radius 2 is 2.17 bits per heavy atom. The zero-order valence-corrected chi connectivity index (χ0v) is 14.5. The van der Waals surface area contributed by atoms with E-state index in [4.69, 9.17) is 21.1 Å². The third-order valence-corrected chi connectivity index (χ3v) is 3.33. The molecule has 0 aliphatic carbocycles. The highest BCUT2D eigenvalue weighted by atomic mass is 35.5. The van der Waals surface area contributed by atoms with Crippen LogP contribution in [-0.4, -0.2) is 35.4 Å². The molecule has 0 fully saturated rings. The first-order chi connectivity index (χ1) is 10.8. The molecule has 1 unspecified atom stereocenters. The molecule has 0 radical (unpaired) electrons. The van der Waals surface area contributed by atoms with Crippen LogP contribution in [0.5, 0.6) is 0 Å². The summed E-state index contributed by atoms with van der Waals surface area (Å²) in [5, 5.41) is 3.45. The van der Waals surface area contributed by atoms with Crippen molar-refractivity contribution in [1.82, 2.24) is 15.3 Å². The van der Waals surface area contributed by atoms with Gasteiger partial charge in [-0.15, -0.1) is 0 Å². The summed E-state index contributed by atoms with van der Waals surface area (Å²) in [6.45, 7) is 5.94. The van der Waals surface area contributed by atoms with Crippen LogP contribution in [0, 0.1) is 0 Å². The van der Waals surface area contributed by atoms with Gasteiger partial charge in [-0.25, -0.2) is 9.78 Å². The summed E-state index contributed by atoms with van der Waals surface area (Å²) in [4.78, 5) is 19.8. The Bertz CT molecular complexity index is 679.